The van der Waals surface area contributed by atoms with E-state index in [1.807, 2.05) is 40.4 Å². The van der Waals surface area contributed by atoms with Gasteiger partial charge in [0.1, 0.15) is 0 Å². The Hall–Kier alpha value is -3.85. The summed E-state index contributed by atoms with van der Waals surface area (Å²) in [5.74, 6) is -0.252. The van der Waals surface area contributed by atoms with Crippen LogP contribution in [0.25, 0.3) is 21.8 Å². The molecular formula is C23H20N6O2S. The van der Waals surface area contributed by atoms with Gasteiger partial charge in [0.05, 0.1) is 47.7 Å². The lowest BCUT2D eigenvalue weighted by Gasteiger charge is -2.13. The van der Waals surface area contributed by atoms with Crippen LogP contribution >= 0.6 is 11.3 Å². The summed E-state index contributed by atoms with van der Waals surface area (Å²) >= 11 is 1.62. The first-order valence-corrected chi connectivity index (χ1v) is 11.1. The number of amides is 2. The first-order chi connectivity index (χ1) is 15.7. The summed E-state index contributed by atoms with van der Waals surface area (Å²) < 4.78 is 1.88. The van der Waals surface area contributed by atoms with Gasteiger partial charge in [0, 0.05) is 30.1 Å². The average Bonchev–Trinajstić information content (AvgIpc) is 3.54. The Bertz CT molecular complexity index is 1250. The Labute approximate surface area is 188 Å². The zero-order valence-corrected chi connectivity index (χ0v) is 17.9. The van der Waals surface area contributed by atoms with Crippen molar-refractivity contribution in [3.63, 3.8) is 0 Å². The molecule has 0 bridgehead atoms. The Morgan fingerprint density at radius 1 is 1.12 bits per heavy atom. The summed E-state index contributed by atoms with van der Waals surface area (Å²) in [5, 5.41) is 12.4. The minimum absolute atomic E-state index is 0.119. The van der Waals surface area contributed by atoms with Crippen molar-refractivity contribution < 1.29 is 9.59 Å². The Morgan fingerprint density at radius 3 is 2.84 bits per heavy atom. The molecule has 0 aliphatic carbocycles. The number of nitrogens with zero attached hydrogens (tertiary/aromatic N) is 4. The molecule has 1 aromatic carbocycles. The molecule has 0 unspecified atom stereocenters. The first kappa shape index (κ1) is 20.1. The summed E-state index contributed by atoms with van der Waals surface area (Å²) in [7, 11) is 0. The van der Waals surface area contributed by atoms with E-state index in [1.54, 1.807) is 42.2 Å². The van der Waals surface area contributed by atoms with Gasteiger partial charge in [-0.1, -0.05) is 24.3 Å². The molecule has 8 nitrogen and oxygen atoms in total. The molecular weight excluding hydrogens is 424 g/mol. The van der Waals surface area contributed by atoms with Crippen LogP contribution < -0.4 is 10.6 Å². The minimum atomic E-state index is -0.298. The van der Waals surface area contributed by atoms with Crippen LogP contribution in [0.1, 0.15) is 28.4 Å². The van der Waals surface area contributed by atoms with Crippen LogP contribution in [0.4, 0.5) is 0 Å². The molecule has 0 spiro atoms. The number of rotatable bonds is 7. The quantitative estimate of drug-likeness (QED) is 0.456. The van der Waals surface area contributed by atoms with Crippen LogP contribution in [-0.2, 0) is 11.3 Å². The maximum Gasteiger partial charge on any atom is 0.252 e. The number of carbonyl (C=O) groups excluding carboxylic acids is 2. The fraction of sp³-hybridized carbons (Fsp3) is 0.174. The average molecular weight is 445 g/mol. The normalized spacial score (nSPS) is 14.8. The van der Waals surface area contributed by atoms with E-state index in [0.717, 1.165) is 27.4 Å². The lowest BCUT2D eigenvalue weighted by atomic mass is 10.0. The van der Waals surface area contributed by atoms with Crippen molar-refractivity contribution >= 4 is 23.2 Å². The second-order valence-electron chi connectivity index (χ2n) is 7.37. The number of aromatic nitrogens is 4. The van der Waals surface area contributed by atoms with Crippen molar-refractivity contribution in [3.05, 3.63) is 77.7 Å². The number of fused-ring (bicyclic) bond motifs is 1. The van der Waals surface area contributed by atoms with Crippen molar-refractivity contribution in [2.45, 2.75) is 19.0 Å². The molecule has 1 aliphatic heterocycles. The summed E-state index contributed by atoms with van der Waals surface area (Å²) in [6.07, 6.45) is 6.99. The number of hydrogen-bond acceptors (Lipinski definition) is 6. The largest absolute Gasteiger partial charge is 0.354 e. The van der Waals surface area contributed by atoms with Crippen molar-refractivity contribution in [1.82, 2.24) is 30.4 Å². The molecule has 0 saturated heterocycles. The zero-order chi connectivity index (χ0) is 21.9. The monoisotopic (exact) mass is 444 g/mol. The highest BCUT2D eigenvalue weighted by atomic mass is 32.1. The van der Waals surface area contributed by atoms with Crippen molar-refractivity contribution in [2.75, 3.05) is 6.54 Å². The highest BCUT2D eigenvalue weighted by molar-refractivity contribution is 7.13. The third kappa shape index (κ3) is 3.90. The highest BCUT2D eigenvalue weighted by Gasteiger charge is 2.29. The van der Waals surface area contributed by atoms with Gasteiger partial charge in [-0.15, -0.1) is 11.3 Å². The standard InChI is InChI=1S/C23H20N6O2S/c30-21(12-18-15-4-1-2-5-16(15)23(31)28-18)26-9-10-29-22(20-6-3-11-32-20)17(13-27-29)19-14-24-7-8-25-19/h1-8,11,13-14,18H,9-10,12H2,(H,26,30)(H,28,31)/t18-/m0/s1. The maximum atomic E-state index is 12.5. The molecule has 160 valence electrons. The maximum absolute atomic E-state index is 12.5. The fourth-order valence-corrected chi connectivity index (χ4v) is 4.68. The van der Waals surface area contributed by atoms with Crippen LogP contribution in [0, 0.1) is 0 Å². The lowest BCUT2D eigenvalue weighted by molar-refractivity contribution is -0.121. The van der Waals surface area contributed by atoms with Crippen LogP contribution in [0.15, 0.2) is 66.6 Å². The van der Waals surface area contributed by atoms with Gasteiger partial charge >= 0.3 is 0 Å². The van der Waals surface area contributed by atoms with Crippen LogP contribution in [0.5, 0.6) is 0 Å². The van der Waals surface area contributed by atoms with Gasteiger partial charge in [0.15, 0.2) is 0 Å². The van der Waals surface area contributed by atoms with E-state index < -0.39 is 0 Å². The van der Waals surface area contributed by atoms with Crippen molar-refractivity contribution in [3.8, 4) is 21.8 Å². The van der Waals surface area contributed by atoms with E-state index in [-0.39, 0.29) is 24.3 Å². The predicted octanol–water partition coefficient (Wildman–Crippen LogP) is 3.06. The smallest absolute Gasteiger partial charge is 0.252 e. The molecule has 32 heavy (non-hydrogen) atoms. The van der Waals surface area contributed by atoms with E-state index in [9.17, 15) is 9.59 Å². The van der Waals surface area contributed by atoms with Crippen LogP contribution in [-0.4, -0.2) is 38.1 Å². The molecule has 0 fully saturated rings. The zero-order valence-electron chi connectivity index (χ0n) is 17.1. The van der Waals surface area contributed by atoms with Gasteiger partial charge in [0.25, 0.3) is 5.91 Å². The molecule has 3 aromatic heterocycles. The number of benzene rings is 1. The summed E-state index contributed by atoms with van der Waals surface area (Å²) in [6, 6.07) is 11.1. The van der Waals surface area contributed by atoms with Gasteiger partial charge in [-0.2, -0.15) is 5.10 Å². The topological polar surface area (TPSA) is 102 Å². The second-order valence-corrected chi connectivity index (χ2v) is 8.31. The SMILES string of the molecule is O=C(C[C@@H]1NC(=O)c2ccccc21)NCCn1ncc(-c2cnccn2)c1-c1cccs1. The first-order valence-electron chi connectivity index (χ1n) is 10.2. The fourth-order valence-electron chi connectivity index (χ4n) is 3.89. The minimum Gasteiger partial charge on any atom is -0.354 e. The van der Waals surface area contributed by atoms with Crippen LogP contribution in [0.2, 0.25) is 0 Å². The van der Waals surface area contributed by atoms with Gasteiger partial charge in [-0.05, 0) is 23.1 Å². The number of nitrogens with one attached hydrogen (secondary N) is 2. The number of hydrogen-bond donors (Lipinski definition) is 2. The van der Waals surface area contributed by atoms with Crippen molar-refractivity contribution in [2.24, 2.45) is 0 Å². The summed E-state index contributed by atoms with van der Waals surface area (Å²) in [5.41, 5.74) is 4.11. The van der Waals surface area contributed by atoms with E-state index in [1.165, 1.54) is 0 Å². The van der Waals surface area contributed by atoms with Crippen molar-refractivity contribution in [1.29, 1.82) is 0 Å². The molecule has 9 heteroatoms. The predicted molar refractivity (Wildman–Crippen MR) is 121 cm³/mol. The van der Waals surface area contributed by atoms with E-state index in [0.29, 0.717) is 18.7 Å². The van der Waals surface area contributed by atoms with Gasteiger partial charge in [0.2, 0.25) is 5.91 Å². The number of thiophene rings is 1. The molecule has 1 aliphatic rings. The third-order valence-electron chi connectivity index (χ3n) is 5.35. The van der Waals surface area contributed by atoms with Gasteiger partial charge in [-0.25, -0.2) is 0 Å². The van der Waals surface area contributed by atoms with E-state index in [2.05, 4.69) is 25.7 Å². The Kier molecular flexibility index (Phi) is 5.47. The van der Waals surface area contributed by atoms with E-state index in [4.69, 9.17) is 0 Å². The number of carbonyl (C=O) groups is 2. The summed E-state index contributed by atoms with van der Waals surface area (Å²) in [4.78, 5) is 34.2. The second kappa shape index (κ2) is 8.72. The molecule has 0 saturated carbocycles. The lowest BCUT2D eigenvalue weighted by Crippen LogP contribution is -2.31. The van der Waals surface area contributed by atoms with E-state index >= 15 is 0 Å². The Balaban J connectivity index is 1.26. The summed E-state index contributed by atoms with van der Waals surface area (Å²) in [6.45, 7) is 0.925. The Morgan fingerprint density at radius 2 is 2.03 bits per heavy atom. The highest BCUT2D eigenvalue weighted by Crippen LogP contribution is 2.33. The molecule has 2 N–H and O–H groups in total. The molecule has 0 radical (unpaired) electrons. The van der Waals surface area contributed by atoms with Crippen LogP contribution in [0.3, 0.4) is 0 Å². The molecule has 4 aromatic rings. The molecule has 1 atom stereocenters. The molecule has 5 rings (SSSR count). The van der Waals surface area contributed by atoms with Gasteiger partial charge in [-0.3, -0.25) is 24.2 Å². The van der Waals surface area contributed by atoms with Gasteiger partial charge < -0.3 is 10.6 Å². The third-order valence-corrected chi connectivity index (χ3v) is 6.23. The molecule has 4 heterocycles. The molecule has 2 amide bonds.